The van der Waals surface area contributed by atoms with Crippen LogP contribution in [0.25, 0.3) is 11.1 Å². The van der Waals surface area contributed by atoms with Gasteiger partial charge in [0.2, 0.25) is 0 Å². The molecule has 2 aliphatic rings. The molecule has 4 nitrogen and oxygen atoms in total. The first kappa shape index (κ1) is 17.5. The van der Waals surface area contributed by atoms with Gasteiger partial charge in [0, 0.05) is 0 Å². The van der Waals surface area contributed by atoms with Crippen molar-refractivity contribution in [3.05, 3.63) is 52.1 Å². The molecule has 0 amide bonds. The lowest BCUT2D eigenvalue weighted by Gasteiger charge is -2.18. The molecule has 4 rings (SSSR count). The zero-order chi connectivity index (χ0) is 18.4. The number of aryl methyl sites for hydroxylation is 4. The zero-order valence-corrected chi connectivity index (χ0v) is 15.8. The van der Waals surface area contributed by atoms with Crippen molar-refractivity contribution in [2.75, 3.05) is 19.8 Å². The molecular weight excluding hydrogens is 328 g/mol. The van der Waals surface area contributed by atoms with Crippen LogP contribution < -0.4 is 4.74 Å². The first-order valence-electron chi connectivity index (χ1n) is 9.21. The molecule has 3 unspecified atom stereocenters. The van der Waals surface area contributed by atoms with Gasteiger partial charge in [-0.1, -0.05) is 12.1 Å². The van der Waals surface area contributed by atoms with Gasteiger partial charge in [0.05, 0.1) is 13.2 Å². The van der Waals surface area contributed by atoms with Crippen molar-refractivity contribution in [1.29, 1.82) is 0 Å². The molecule has 2 aliphatic heterocycles. The molecule has 2 saturated heterocycles. The van der Waals surface area contributed by atoms with Gasteiger partial charge in [-0.25, -0.2) is 0 Å². The van der Waals surface area contributed by atoms with E-state index < -0.39 is 6.10 Å². The molecule has 0 radical (unpaired) electrons. The third kappa shape index (κ3) is 3.50. The molecule has 0 bridgehead atoms. The molecule has 4 heteroatoms. The highest BCUT2D eigenvalue weighted by molar-refractivity contribution is 5.69. The first-order valence-corrected chi connectivity index (χ1v) is 9.21. The Morgan fingerprint density at radius 1 is 0.923 bits per heavy atom. The minimum atomic E-state index is -0.534. The second-order valence-electron chi connectivity index (χ2n) is 7.55. The van der Waals surface area contributed by atoms with E-state index in [0.717, 1.165) is 45.7 Å². The van der Waals surface area contributed by atoms with E-state index in [1.807, 2.05) is 0 Å². The van der Waals surface area contributed by atoms with Crippen molar-refractivity contribution in [3.63, 3.8) is 0 Å². The average molecular weight is 354 g/mol. The van der Waals surface area contributed by atoms with Crippen molar-refractivity contribution >= 4 is 0 Å². The van der Waals surface area contributed by atoms with Gasteiger partial charge in [-0.05, 0) is 78.8 Å². The van der Waals surface area contributed by atoms with E-state index >= 15 is 0 Å². The molecule has 2 aromatic carbocycles. The fourth-order valence-electron chi connectivity index (χ4n) is 3.72. The summed E-state index contributed by atoms with van der Waals surface area (Å²) in [5.74, 6) is 0.954. The van der Waals surface area contributed by atoms with Crippen LogP contribution >= 0.6 is 0 Å². The number of aliphatic hydroxyl groups is 1. The van der Waals surface area contributed by atoms with Crippen molar-refractivity contribution in [2.45, 2.75) is 46.0 Å². The summed E-state index contributed by atoms with van der Waals surface area (Å²) in [5, 5.41) is 10.5. The topological polar surface area (TPSA) is 54.5 Å². The van der Waals surface area contributed by atoms with Gasteiger partial charge in [0.25, 0.3) is 0 Å². The van der Waals surface area contributed by atoms with Crippen LogP contribution in [0.3, 0.4) is 0 Å². The molecule has 2 heterocycles. The van der Waals surface area contributed by atoms with E-state index in [-0.39, 0.29) is 12.2 Å². The van der Waals surface area contributed by atoms with Gasteiger partial charge in [-0.15, -0.1) is 0 Å². The van der Waals surface area contributed by atoms with Crippen LogP contribution in [0.2, 0.25) is 0 Å². The highest BCUT2D eigenvalue weighted by Gasteiger charge is 2.34. The van der Waals surface area contributed by atoms with E-state index in [9.17, 15) is 5.11 Å². The van der Waals surface area contributed by atoms with E-state index in [0.29, 0.717) is 13.2 Å². The summed E-state index contributed by atoms with van der Waals surface area (Å²) >= 11 is 0. The predicted molar refractivity (Wildman–Crippen MR) is 101 cm³/mol. The summed E-state index contributed by atoms with van der Waals surface area (Å²) in [5.41, 5.74) is 7.79. The molecule has 0 spiro atoms. The van der Waals surface area contributed by atoms with Gasteiger partial charge in [0.15, 0.2) is 0 Å². The summed E-state index contributed by atoms with van der Waals surface area (Å²) in [6, 6.07) is 8.65. The second kappa shape index (κ2) is 6.69. The molecule has 3 atom stereocenters. The molecular formula is C22H26O4. The lowest BCUT2D eigenvalue weighted by Crippen LogP contribution is -2.09. The molecule has 2 aromatic rings. The van der Waals surface area contributed by atoms with Gasteiger partial charge >= 0.3 is 0 Å². The standard InChI is InChI=1S/C22H26O4/c1-12-5-16(6-13(2)20(12)21(23)19-11-25-19)17-7-14(3)22(15(4)8-17)26-10-18-9-24-18/h5-8,18-19,21,23H,9-11H2,1-4H3. The minimum absolute atomic E-state index is 0.0466. The number of rotatable bonds is 6. The van der Waals surface area contributed by atoms with E-state index in [1.165, 1.54) is 5.56 Å². The molecule has 0 saturated carbocycles. The molecule has 26 heavy (non-hydrogen) atoms. The Morgan fingerprint density at radius 2 is 1.42 bits per heavy atom. The first-order chi connectivity index (χ1) is 12.4. The normalized spacial score (nSPS) is 22.2. The van der Waals surface area contributed by atoms with Crippen LogP contribution in [0.15, 0.2) is 24.3 Å². The van der Waals surface area contributed by atoms with Crippen LogP contribution in [-0.2, 0) is 9.47 Å². The Morgan fingerprint density at radius 3 is 1.88 bits per heavy atom. The van der Waals surface area contributed by atoms with Crippen LogP contribution in [0.1, 0.15) is 33.9 Å². The highest BCUT2D eigenvalue weighted by atomic mass is 16.6. The SMILES string of the molecule is Cc1cc(-c2cc(C)c(C(O)C3CO3)c(C)c2)cc(C)c1OCC1CO1. The summed E-state index contributed by atoms with van der Waals surface area (Å²) in [7, 11) is 0. The van der Waals surface area contributed by atoms with Gasteiger partial charge in [0.1, 0.15) is 30.7 Å². The molecule has 138 valence electrons. The van der Waals surface area contributed by atoms with E-state index in [4.69, 9.17) is 14.2 Å². The van der Waals surface area contributed by atoms with Gasteiger partial charge < -0.3 is 19.3 Å². The third-order valence-corrected chi connectivity index (χ3v) is 5.21. The fourth-order valence-corrected chi connectivity index (χ4v) is 3.72. The molecule has 0 aromatic heterocycles. The minimum Gasteiger partial charge on any atom is -0.490 e. The lowest BCUT2D eigenvalue weighted by atomic mass is 9.90. The summed E-state index contributed by atoms with van der Waals surface area (Å²) < 4.78 is 16.4. The quantitative estimate of drug-likeness (QED) is 0.802. The van der Waals surface area contributed by atoms with E-state index in [1.54, 1.807) is 0 Å². The van der Waals surface area contributed by atoms with Crippen LogP contribution in [0.4, 0.5) is 0 Å². The summed E-state index contributed by atoms with van der Waals surface area (Å²) in [6.07, 6.45) is -0.323. The molecule has 0 aliphatic carbocycles. The predicted octanol–water partition coefficient (Wildman–Crippen LogP) is 3.80. The fraction of sp³-hybridized carbons (Fsp3) is 0.455. The number of benzene rings is 2. The Kier molecular flexibility index (Phi) is 4.51. The number of hydrogen-bond donors (Lipinski definition) is 1. The monoisotopic (exact) mass is 354 g/mol. The third-order valence-electron chi connectivity index (χ3n) is 5.21. The molecule has 2 fully saturated rings. The number of aliphatic hydroxyl groups excluding tert-OH is 1. The second-order valence-corrected chi connectivity index (χ2v) is 7.55. The number of epoxide rings is 2. The maximum absolute atomic E-state index is 10.5. The van der Waals surface area contributed by atoms with Crippen LogP contribution in [-0.4, -0.2) is 37.1 Å². The maximum atomic E-state index is 10.5. The van der Waals surface area contributed by atoms with Gasteiger partial charge in [-0.2, -0.15) is 0 Å². The van der Waals surface area contributed by atoms with Crippen LogP contribution in [0.5, 0.6) is 5.75 Å². The maximum Gasteiger partial charge on any atom is 0.125 e. The average Bonchev–Trinajstić information content (AvgIpc) is 3.46. The Hall–Kier alpha value is -1.88. The Balaban J connectivity index is 1.64. The van der Waals surface area contributed by atoms with Crippen molar-refractivity contribution < 1.29 is 19.3 Å². The molecule has 1 N–H and O–H groups in total. The Bertz CT molecular complexity index is 788. The van der Waals surface area contributed by atoms with Crippen molar-refractivity contribution in [2.24, 2.45) is 0 Å². The zero-order valence-electron chi connectivity index (χ0n) is 15.8. The van der Waals surface area contributed by atoms with E-state index in [2.05, 4.69) is 52.0 Å². The largest absolute Gasteiger partial charge is 0.490 e. The Labute approximate surface area is 154 Å². The van der Waals surface area contributed by atoms with Crippen LogP contribution in [0, 0.1) is 27.7 Å². The smallest absolute Gasteiger partial charge is 0.125 e. The lowest BCUT2D eigenvalue weighted by molar-refractivity contribution is 0.135. The number of ether oxygens (including phenoxy) is 3. The summed E-state index contributed by atoms with van der Waals surface area (Å²) in [6.45, 7) is 10.4. The van der Waals surface area contributed by atoms with Crippen molar-refractivity contribution in [3.8, 4) is 16.9 Å². The number of hydrogen-bond acceptors (Lipinski definition) is 4. The highest BCUT2D eigenvalue weighted by Crippen LogP contribution is 2.36. The van der Waals surface area contributed by atoms with Crippen molar-refractivity contribution in [1.82, 2.24) is 0 Å². The van der Waals surface area contributed by atoms with Gasteiger partial charge in [-0.3, -0.25) is 0 Å². The summed E-state index contributed by atoms with van der Waals surface area (Å²) in [4.78, 5) is 0.